The van der Waals surface area contributed by atoms with E-state index >= 15 is 0 Å². The molecule has 0 radical (unpaired) electrons. The van der Waals surface area contributed by atoms with Crippen molar-refractivity contribution in [3.8, 4) is 0 Å². The molecule has 6 heteroatoms. The molecular weight excluding hydrogens is 280 g/mol. The van der Waals surface area contributed by atoms with E-state index in [9.17, 15) is 4.79 Å². The molecule has 0 aliphatic rings. The van der Waals surface area contributed by atoms with Gasteiger partial charge in [-0.05, 0) is 30.5 Å². The van der Waals surface area contributed by atoms with Crippen LogP contribution in [0.2, 0.25) is 0 Å². The van der Waals surface area contributed by atoms with Crippen molar-refractivity contribution in [2.45, 2.75) is 32.2 Å². The molecule has 22 heavy (non-hydrogen) atoms. The van der Waals surface area contributed by atoms with E-state index in [0.29, 0.717) is 12.4 Å². The fourth-order valence-corrected chi connectivity index (χ4v) is 2.09. The van der Waals surface area contributed by atoms with Crippen molar-refractivity contribution < 1.29 is 9.21 Å². The summed E-state index contributed by atoms with van der Waals surface area (Å²) in [5.41, 5.74) is 13.6. The Morgan fingerprint density at radius 2 is 2.09 bits per heavy atom. The summed E-state index contributed by atoms with van der Waals surface area (Å²) in [6.07, 6.45) is 3.79. The maximum absolute atomic E-state index is 12.0. The molecule has 1 heterocycles. The molecule has 0 bridgehead atoms. The van der Waals surface area contributed by atoms with Gasteiger partial charge in [-0.25, -0.2) is 4.98 Å². The zero-order chi connectivity index (χ0) is 15.9. The number of hydrogen-bond acceptors (Lipinski definition) is 5. The van der Waals surface area contributed by atoms with Crippen LogP contribution in [0.1, 0.15) is 47.7 Å². The molecule has 1 unspecified atom stereocenters. The molecule has 1 aromatic carbocycles. The number of nitrogen functional groups attached to an aromatic ring is 1. The van der Waals surface area contributed by atoms with E-state index < -0.39 is 0 Å². The number of nitrogens with two attached hydrogens (primary N) is 2. The topological polar surface area (TPSA) is 107 Å². The first-order valence-electron chi connectivity index (χ1n) is 7.43. The normalized spacial score (nSPS) is 12.1. The first-order valence-corrected chi connectivity index (χ1v) is 7.43. The van der Waals surface area contributed by atoms with Crippen LogP contribution in [-0.4, -0.2) is 17.4 Å². The average molecular weight is 302 g/mol. The van der Waals surface area contributed by atoms with Gasteiger partial charge < -0.3 is 21.2 Å². The highest BCUT2D eigenvalue weighted by atomic mass is 16.3. The minimum Gasteiger partial charge on any atom is -0.446 e. The summed E-state index contributed by atoms with van der Waals surface area (Å²) >= 11 is 0. The average Bonchev–Trinajstić information content (AvgIpc) is 2.99. The van der Waals surface area contributed by atoms with Crippen LogP contribution in [0, 0.1) is 0 Å². The second-order valence-electron chi connectivity index (χ2n) is 5.21. The van der Waals surface area contributed by atoms with E-state index in [1.165, 1.54) is 6.26 Å². The lowest BCUT2D eigenvalue weighted by molar-refractivity contribution is 0.0949. The lowest BCUT2D eigenvalue weighted by Crippen LogP contribution is -2.26. The van der Waals surface area contributed by atoms with Crippen molar-refractivity contribution in [2.75, 3.05) is 12.3 Å². The number of benzene rings is 1. The van der Waals surface area contributed by atoms with E-state index in [0.717, 1.165) is 30.5 Å². The Bertz CT molecular complexity index is 607. The number of carbonyl (C=O) groups is 1. The zero-order valence-electron chi connectivity index (χ0n) is 12.7. The number of nitrogens with one attached hydrogen (secondary N) is 1. The number of oxazole rings is 1. The molecule has 0 aliphatic carbocycles. The summed E-state index contributed by atoms with van der Waals surface area (Å²) in [5.74, 6) is 0.152. The molecule has 5 N–H and O–H groups in total. The van der Waals surface area contributed by atoms with Crippen molar-refractivity contribution in [1.82, 2.24) is 10.3 Å². The monoisotopic (exact) mass is 302 g/mol. The number of carbonyl (C=O) groups excluding carboxylic acids is 1. The van der Waals surface area contributed by atoms with Gasteiger partial charge in [0.15, 0.2) is 5.69 Å². The third kappa shape index (κ3) is 4.33. The molecular formula is C16H22N4O2. The Kier molecular flexibility index (Phi) is 5.55. The van der Waals surface area contributed by atoms with E-state index in [1.54, 1.807) is 0 Å². The second-order valence-corrected chi connectivity index (χ2v) is 5.21. The van der Waals surface area contributed by atoms with Crippen LogP contribution in [0.25, 0.3) is 0 Å². The largest absolute Gasteiger partial charge is 0.446 e. The van der Waals surface area contributed by atoms with Crippen molar-refractivity contribution in [3.63, 3.8) is 0 Å². The predicted molar refractivity (Wildman–Crippen MR) is 85.2 cm³/mol. The third-order valence-corrected chi connectivity index (χ3v) is 3.35. The van der Waals surface area contributed by atoms with Gasteiger partial charge in [-0.2, -0.15) is 0 Å². The smallest absolute Gasteiger partial charge is 0.273 e. The lowest BCUT2D eigenvalue weighted by Gasteiger charge is -2.04. The number of rotatable bonds is 7. The van der Waals surface area contributed by atoms with Gasteiger partial charge in [-0.1, -0.05) is 25.5 Å². The molecule has 2 aromatic rings. The molecule has 0 saturated carbocycles. The van der Waals surface area contributed by atoms with Crippen molar-refractivity contribution in [3.05, 3.63) is 47.7 Å². The van der Waals surface area contributed by atoms with Crippen LogP contribution >= 0.6 is 0 Å². The summed E-state index contributed by atoms with van der Waals surface area (Å²) in [7, 11) is 0. The quantitative estimate of drug-likeness (QED) is 0.678. The zero-order valence-corrected chi connectivity index (χ0v) is 12.7. The van der Waals surface area contributed by atoms with Crippen molar-refractivity contribution in [1.29, 1.82) is 0 Å². The van der Waals surface area contributed by atoms with E-state index in [4.69, 9.17) is 15.9 Å². The van der Waals surface area contributed by atoms with Crippen LogP contribution in [0.5, 0.6) is 0 Å². The molecule has 0 saturated heterocycles. The molecule has 1 amide bonds. The first-order chi connectivity index (χ1) is 10.6. The summed E-state index contributed by atoms with van der Waals surface area (Å²) in [6, 6.07) is 7.31. The van der Waals surface area contributed by atoms with Gasteiger partial charge in [0.05, 0.1) is 6.04 Å². The Labute approximate surface area is 129 Å². The Morgan fingerprint density at radius 1 is 1.36 bits per heavy atom. The molecule has 6 nitrogen and oxygen atoms in total. The molecule has 1 aromatic heterocycles. The van der Waals surface area contributed by atoms with Gasteiger partial charge in [-0.3, -0.25) is 4.79 Å². The first kappa shape index (κ1) is 16.0. The Balaban J connectivity index is 1.83. The SMILES string of the molecule is CCCC(N)c1nc(C(=O)NCCc2ccc(N)cc2)co1. The van der Waals surface area contributed by atoms with E-state index in [-0.39, 0.29) is 17.6 Å². The second kappa shape index (κ2) is 7.61. The highest BCUT2D eigenvalue weighted by Gasteiger charge is 2.16. The number of amides is 1. The van der Waals surface area contributed by atoms with Gasteiger partial charge in [0, 0.05) is 12.2 Å². The Hall–Kier alpha value is -2.34. The molecule has 1 atom stereocenters. The van der Waals surface area contributed by atoms with Gasteiger partial charge >= 0.3 is 0 Å². The van der Waals surface area contributed by atoms with Gasteiger partial charge in [0.25, 0.3) is 5.91 Å². The standard InChI is InChI=1S/C16H22N4O2/c1-2-3-13(18)16-20-14(10-22-16)15(21)19-9-8-11-4-6-12(17)7-5-11/h4-7,10,13H,2-3,8-9,17-18H2,1H3,(H,19,21). The van der Waals surface area contributed by atoms with Crippen LogP contribution in [0.15, 0.2) is 34.9 Å². The van der Waals surface area contributed by atoms with Gasteiger partial charge in [0.2, 0.25) is 5.89 Å². The fourth-order valence-electron chi connectivity index (χ4n) is 2.09. The van der Waals surface area contributed by atoms with Crippen molar-refractivity contribution in [2.24, 2.45) is 5.73 Å². The summed E-state index contributed by atoms with van der Waals surface area (Å²) in [4.78, 5) is 16.1. The van der Waals surface area contributed by atoms with Gasteiger partial charge in [-0.15, -0.1) is 0 Å². The molecule has 0 aliphatic heterocycles. The lowest BCUT2D eigenvalue weighted by atomic mass is 10.1. The van der Waals surface area contributed by atoms with E-state index in [2.05, 4.69) is 10.3 Å². The van der Waals surface area contributed by atoms with E-state index in [1.807, 2.05) is 31.2 Å². The maximum Gasteiger partial charge on any atom is 0.273 e. The molecule has 2 rings (SSSR count). The highest BCUT2D eigenvalue weighted by molar-refractivity contribution is 5.91. The number of hydrogen-bond donors (Lipinski definition) is 3. The minimum atomic E-state index is -0.263. The van der Waals surface area contributed by atoms with Crippen molar-refractivity contribution >= 4 is 11.6 Å². The third-order valence-electron chi connectivity index (χ3n) is 3.35. The highest BCUT2D eigenvalue weighted by Crippen LogP contribution is 2.15. The number of nitrogens with zero attached hydrogens (tertiary/aromatic N) is 1. The number of aromatic nitrogens is 1. The molecule has 0 spiro atoms. The summed E-state index contributed by atoms with van der Waals surface area (Å²) in [5, 5.41) is 2.81. The summed E-state index contributed by atoms with van der Waals surface area (Å²) in [6.45, 7) is 2.56. The predicted octanol–water partition coefficient (Wildman–Crippen LogP) is 2.03. The fraction of sp³-hybridized carbons (Fsp3) is 0.375. The van der Waals surface area contributed by atoms with Crippen LogP contribution in [-0.2, 0) is 6.42 Å². The molecule has 118 valence electrons. The van der Waals surface area contributed by atoms with Crippen LogP contribution in [0.3, 0.4) is 0 Å². The van der Waals surface area contributed by atoms with Crippen LogP contribution < -0.4 is 16.8 Å². The summed E-state index contributed by atoms with van der Waals surface area (Å²) < 4.78 is 5.27. The van der Waals surface area contributed by atoms with Gasteiger partial charge in [0.1, 0.15) is 6.26 Å². The minimum absolute atomic E-state index is 0.255. The maximum atomic E-state index is 12.0. The Morgan fingerprint density at radius 3 is 2.77 bits per heavy atom. The van der Waals surface area contributed by atoms with Crippen LogP contribution in [0.4, 0.5) is 5.69 Å². The number of anilines is 1. The molecule has 0 fully saturated rings.